The predicted molar refractivity (Wildman–Crippen MR) is 83.0 cm³/mol. The fourth-order valence-electron chi connectivity index (χ4n) is 1.76. The molecule has 2 rings (SSSR count). The van der Waals surface area contributed by atoms with Gasteiger partial charge in [0.25, 0.3) is 0 Å². The average Bonchev–Trinajstić information content (AvgIpc) is 2.43. The lowest BCUT2D eigenvalue weighted by Gasteiger charge is -2.09. The summed E-state index contributed by atoms with van der Waals surface area (Å²) in [5.41, 5.74) is 7.87. The van der Waals surface area contributed by atoms with Crippen LogP contribution in [-0.4, -0.2) is 12.6 Å². The van der Waals surface area contributed by atoms with E-state index in [0.717, 1.165) is 6.42 Å². The van der Waals surface area contributed by atoms with Crippen molar-refractivity contribution in [3.8, 4) is 0 Å². The van der Waals surface area contributed by atoms with Gasteiger partial charge >= 0.3 is 6.03 Å². The maximum absolute atomic E-state index is 11.7. The second-order valence-electron chi connectivity index (χ2n) is 4.36. The number of hydrogen-bond donors (Lipinski definition) is 3. The van der Waals surface area contributed by atoms with E-state index >= 15 is 0 Å². The summed E-state index contributed by atoms with van der Waals surface area (Å²) in [6.07, 6.45) is 0.781. The first-order valence-electron chi connectivity index (χ1n) is 6.29. The van der Waals surface area contributed by atoms with Crippen molar-refractivity contribution < 1.29 is 4.79 Å². The van der Waals surface area contributed by atoms with Crippen LogP contribution in [0.5, 0.6) is 0 Å². The minimum Gasteiger partial charge on any atom is -0.399 e. The van der Waals surface area contributed by atoms with Crippen LogP contribution in [0.3, 0.4) is 0 Å². The zero-order valence-electron chi connectivity index (χ0n) is 10.9. The Morgan fingerprint density at radius 1 is 1.15 bits per heavy atom. The Labute approximate surface area is 122 Å². The number of nitrogens with two attached hydrogens (primary N) is 1. The third kappa shape index (κ3) is 4.17. The van der Waals surface area contributed by atoms with Crippen molar-refractivity contribution in [2.24, 2.45) is 0 Å². The number of halogens is 1. The number of hydrogen-bond acceptors (Lipinski definition) is 2. The molecule has 2 aromatic carbocycles. The summed E-state index contributed by atoms with van der Waals surface area (Å²) in [6.45, 7) is 0.558. The monoisotopic (exact) mass is 289 g/mol. The Kier molecular flexibility index (Phi) is 4.85. The second-order valence-corrected chi connectivity index (χ2v) is 4.76. The number of anilines is 2. The normalized spacial score (nSPS) is 10.1. The molecule has 104 valence electrons. The van der Waals surface area contributed by atoms with E-state index in [-0.39, 0.29) is 6.03 Å². The highest BCUT2D eigenvalue weighted by Crippen LogP contribution is 2.23. The van der Waals surface area contributed by atoms with Gasteiger partial charge in [-0.2, -0.15) is 0 Å². The van der Waals surface area contributed by atoms with E-state index in [1.807, 2.05) is 30.3 Å². The number of carbonyl (C=O) groups excluding carboxylic acids is 1. The van der Waals surface area contributed by atoms with Crippen molar-refractivity contribution in [1.82, 2.24) is 5.32 Å². The minimum absolute atomic E-state index is 0.285. The number of nitrogen functional groups attached to an aromatic ring is 1. The molecule has 0 aliphatic rings. The first-order chi connectivity index (χ1) is 9.65. The molecule has 0 saturated heterocycles. The molecule has 2 amide bonds. The van der Waals surface area contributed by atoms with Crippen molar-refractivity contribution in [1.29, 1.82) is 0 Å². The molecule has 20 heavy (non-hydrogen) atoms. The van der Waals surface area contributed by atoms with E-state index in [9.17, 15) is 4.79 Å². The molecular formula is C15H16ClN3O. The minimum atomic E-state index is -0.285. The van der Waals surface area contributed by atoms with Gasteiger partial charge in [0, 0.05) is 12.2 Å². The lowest BCUT2D eigenvalue weighted by Crippen LogP contribution is -2.30. The van der Waals surface area contributed by atoms with Crippen LogP contribution in [0.2, 0.25) is 5.02 Å². The van der Waals surface area contributed by atoms with Crippen LogP contribution < -0.4 is 16.4 Å². The molecule has 0 heterocycles. The standard InChI is InChI=1S/C15H16ClN3O/c16-13-10-12(17)6-7-14(13)19-15(20)18-9-8-11-4-2-1-3-5-11/h1-7,10H,8-9,17H2,(H2,18,19,20). The van der Waals surface area contributed by atoms with E-state index in [0.29, 0.717) is 22.9 Å². The molecule has 0 aromatic heterocycles. The average molecular weight is 290 g/mol. The van der Waals surface area contributed by atoms with Gasteiger partial charge in [0.15, 0.2) is 0 Å². The van der Waals surface area contributed by atoms with Gasteiger partial charge in [0.05, 0.1) is 10.7 Å². The van der Waals surface area contributed by atoms with Crippen molar-refractivity contribution in [2.45, 2.75) is 6.42 Å². The zero-order chi connectivity index (χ0) is 14.4. The second kappa shape index (κ2) is 6.82. The van der Waals surface area contributed by atoms with Gasteiger partial charge in [0.1, 0.15) is 0 Å². The Morgan fingerprint density at radius 2 is 1.90 bits per heavy atom. The Bertz CT molecular complexity index is 587. The van der Waals surface area contributed by atoms with Gasteiger partial charge in [-0.05, 0) is 30.2 Å². The topological polar surface area (TPSA) is 67.1 Å². The van der Waals surface area contributed by atoms with E-state index in [1.165, 1.54) is 5.56 Å². The molecule has 0 radical (unpaired) electrons. The number of urea groups is 1. The van der Waals surface area contributed by atoms with Crippen molar-refractivity contribution in [2.75, 3.05) is 17.6 Å². The molecule has 0 aliphatic carbocycles. The molecule has 5 heteroatoms. The summed E-state index contributed by atoms with van der Waals surface area (Å²) in [6, 6.07) is 14.6. The molecule has 0 spiro atoms. The molecular weight excluding hydrogens is 274 g/mol. The number of amides is 2. The molecule has 0 unspecified atom stereocenters. The van der Waals surface area contributed by atoms with Crippen molar-refractivity contribution in [3.05, 3.63) is 59.1 Å². The zero-order valence-corrected chi connectivity index (χ0v) is 11.7. The fraction of sp³-hybridized carbons (Fsp3) is 0.133. The number of benzene rings is 2. The summed E-state index contributed by atoms with van der Waals surface area (Å²) >= 11 is 5.98. The molecule has 2 aromatic rings. The van der Waals surface area contributed by atoms with E-state index in [4.69, 9.17) is 17.3 Å². The molecule has 4 nitrogen and oxygen atoms in total. The van der Waals surface area contributed by atoms with Crippen LogP contribution in [0.4, 0.5) is 16.2 Å². The first-order valence-corrected chi connectivity index (χ1v) is 6.67. The van der Waals surface area contributed by atoms with Crippen molar-refractivity contribution >= 4 is 29.0 Å². The fourth-order valence-corrected chi connectivity index (χ4v) is 2.00. The van der Waals surface area contributed by atoms with E-state index < -0.39 is 0 Å². The van der Waals surface area contributed by atoms with Gasteiger partial charge in [0.2, 0.25) is 0 Å². The number of carbonyl (C=O) groups is 1. The highest BCUT2D eigenvalue weighted by atomic mass is 35.5. The predicted octanol–water partition coefficient (Wildman–Crippen LogP) is 3.29. The number of nitrogens with one attached hydrogen (secondary N) is 2. The Balaban J connectivity index is 1.81. The van der Waals surface area contributed by atoms with Gasteiger partial charge < -0.3 is 16.4 Å². The lowest BCUT2D eigenvalue weighted by atomic mass is 10.1. The van der Waals surface area contributed by atoms with E-state index in [1.54, 1.807) is 18.2 Å². The van der Waals surface area contributed by atoms with Gasteiger partial charge in [-0.3, -0.25) is 0 Å². The summed E-state index contributed by atoms with van der Waals surface area (Å²) in [4.78, 5) is 11.7. The van der Waals surface area contributed by atoms with Gasteiger partial charge in [-0.15, -0.1) is 0 Å². The van der Waals surface area contributed by atoms with Crippen LogP contribution in [0, 0.1) is 0 Å². The molecule has 0 saturated carbocycles. The molecule has 0 aliphatic heterocycles. The summed E-state index contributed by atoms with van der Waals surface area (Å²) in [5, 5.41) is 5.89. The summed E-state index contributed by atoms with van der Waals surface area (Å²) in [5.74, 6) is 0. The largest absolute Gasteiger partial charge is 0.399 e. The highest BCUT2D eigenvalue weighted by molar-refractivity contribution is 6.34. The lowest BCUT2D eigenvalue weighted by molar-refractivity contribution is 0.252. The molecule has 4 N–H and O–H groups in total. The third-order valence-corrected chi connectivity index (χ3v) is 3.10. The summed E-state index contributed by atoms with van der Waals surface area (Å²) in [7, 11) is 0. The van der Waals surface area contributed by atoms with Crippen LogP contribution in [0.15, 0.2) is 48.5 Å². The van der Waals surface area contributed by atoms with Crippen LogP contribution in [-0.2, 0) is 6.42 Å². The quantitative estimate of drug-likeness (QED) is 0.756. The number of rotatable bonds is 4. The smallest absolute Gasteiger partial charge is 0.319 e. The van der Waals surface area contributed by atoms with Crippen LogP contribution in [0.25, 0.3) is 0 Å². The van der Waals surface area contributed by atoms with Crippen LogP contribution >= 0.6 is 11.6 Å². The van der Waals surface area contributed by atoms with Crippen molar-refractivity contribution in [3.63, 3.8) is 0 Å². The third-order valence-electron chi connectivity index (χ3n) is 2.78. The van der Waals surface area contributed by atoms with Crippen LogP contribution in [0.1, 0.15) is 5.56 Å². The molecule has 0 bridgehead atoms. The van der Waals surface area contributed by atoms with Gasteiger partial charge in [-0.1, -0.05) is 41.9 Å². The molecule has 0 fully saturated rings. The SMILES string of the molecule is Nc1ccc(NC(=O)NCCc2ccccc2)c(Cl)c1. The van der Waals surface area contributed by atoms with Gasteiger partial charge in [-0.25, -0.2) is 4.79 Å². The van der Waals surface area contributed by atoms with E-state index in [2.05, 4.69) is 10.6 Å². The first kappa shape index (κ1) is 14.2. The molecule has 0 atom stereocenters. The maximum atomic E-state index is 11.7. The summed E-state index contributed by atoms with van der Waals surface area (Å²) < 4.78 is 0. The Hall–Kier alpha value is -2.20. The highest BCUT2D eigenvalue weighted by Gasteiger charge is 2.05. The Morgan fingerprint density at radius 3 is 2.60 bits per heavy atom. The maximum Gasteiger partial charge on any atom is 0.319 e.